The number of carbonyl (C=O) groups excluding carboxylic acids is 2. The fourth-order valence-electron chi connectivity index (χ4n) is 1.63. The highest BCUT2D eigenvalue weighted by Crippen LogP contribution is 1.97. The molecule has 0 aromatic heterocycles. The van der Waals surface area contributed by atoms with E-state index in [1.807, 2.05) is 13.0 Å². The van der Waals surface area contributed by atoms with E-state index in [0.29, 0.717) is 25.1 Å². The van der Waals surface area contributed by atoms with Crippen molar-refractivity contribution in [2.75, 3.05) is 13.1 Å². The lowest BCUT2D eigenvalue weighted by atomic mass is 10.2. The first-order valence-corrected chi connectivity index (χ1v) is 6.51. The lowest BCUT2D eigenvalue weighted by Gasteiger charge is -2.11. The van der Waals surface area contributed by atoms with E-state index in [-0.39, 0.29) is 11.8 Å². The molecule has 5 heteroatoms. The molecule has 1 atom stereocenters. The third-order valence-electron chi connectivity index (χ3n) is 2.68. The molecule has 1 unspecified atom stereocenters. The van der Waals surface area contributed by atoms with Gasteiger partial charge in [0.1, 0.15) is 0 Å². The van der Waals surface area contributed by atoms with E-state index in [1.54, 1.807) is 24.3 Å². The van der Waals surface area contributed by atoms with Crippen LogP contribution in [0.4, 0.5) is 0 Å². The van der Waals surface area contributed by atoms with E-state index in [9.17, 15) is 9.59 Å². The molecule has 1 rings (SSSR count). The van der Waals surface area contributed by atoms with Crippen molar-refractivity contribution in [3.63, 3.8) is 0 Å². The van der Waals surface area contributed by atoms with Gasteiger partial charge >= 0.3 is 0 Å². The number of nitrogens with two attached hydrogens (primary N) is 1. The zero-order valence-electron chi connectivity index (χ0n) is 11.2. The van der Waals surface area contributed by atoms with Gasteiger partial charge in [-0.25, -0.2) is 0 Å². The molecule has 0 spiro atoms. The third kappa shape index (κ3) is 5.52. The topological polar surface area (TPSA) is 84.2 Å². The predicted octanol–water partition coefficient (Wildman–Crippen LogP) is 0.660. The Labute approximate surface area is 113 Å². The minimum atomic E-state index is -0.463. The minimum Gasteiger partial charge on any atom is -0.353 e. The summed E-state index contributed by atoms with van der Waals surface area (Å²) in [4.78, 5) is 23.2. The van der Waals surface area contributed by atoms with Crippen LogP contribution in [0.25, 0.3) is 0 Å². The summed E-state index contributed by atoms with van der Waals surface area (Å²) >= 11 is 0. The van der Waals surface area contributed by atoms with Crippen LogP contribution in [-0.4, -0.2) is 30.9 Å². The van der Waals surface area contributed by atoms with Crippen molar-refractivity contribution in [2.24, 2.45) is 5.73 Å². The molecule has 1 aromatic rings. The van der Waals surface area contributed by atoms with Gasteiger partial charge in [-0.3, -0.25) is 9.59 Å². The maximum absolute atomic E-state index is 11.7. The molecule has 5 nitrogen and oxygen atoms in total. The standard InChI is InChI=1S/C14H21N3O2/c1-2-6-12(15)14(19)17-10-9-16-13(18)11-7-4-3-5-8-11/h3-5,7-8,12H,2,6,9-10,15H2,1H3,(H,16,18)(H,17,19). The molecule has 0 fully saturated rings. The van der Waals surface area contributed by atoms with Crippen LogP contribution in [0, 0.1) is 0 Å². The summed E-state index contributed by atoms with van der Waals surface area (Å²) in [5.74, 6) is -0.316. The Balaban J connectivity index is 2.21. The van der Waals surface area contributed by atoms with Gasteiger partial charge < -0.3 is 16.4 Å². The quantitative estimate of drug-likeness (QED) is 0.632. The molecule has 0 saturated heterocycles. The van der Waals surface area contributed by atoms with E-state index in [1.165, 1.54) is 0 Å². The first-order chi connectivity index (χ1) is 9.15. The zero-order chi connectivity index (χ0) is 14.1. The second-order valence-electron chi connectivity index (χ2n) is 4.31. The van der Waals surface area contributed by atoms with Crippen LogP contribution in [0.15, 0.2) is 30.3 Å². The van der Waals surface area contributed by atoms with Crippen molar-refractivity contribution in [2.45, 2.75) is 25.8 Å². The zero-order valence-corrected chi connectivity index (χ0v) is 11.2. The normalized spacial score (nSPS) is 11.7. The summed E-state index contributed by atoms with van der Waals surface area (Å²) < 4.78 is 0. The molecule has 0 aliphatic rings. The van der Waals surface area contributed by atoms with Gasteiger partial charge in [0.05, 0.1) is 6.04 Å². The number of nitrogens with one attached hydrogen (secondary N) is 2. The molecule has 1 aromatic carbocycles. The largest absolute Gasteiger partial charge is 0.353 e. The van der Waals surface area contributed by atoms with Gasteiger partial charge in [0.2, 0.25) is 5.91 Å². The summed E-state index contributed by atoms with van der Waals surface area (Å²) in [6, 6.07) is 8.48. The first kappa shape index (κ1) is 15.2. The number of amides is 2. The van der Waals surface area contributed by atoms with Gasteiger partial charge in [-0.1, -0.05) is 31.5 Å². The van der Waals surface area contributed by atoms with Crippen LogP contribution >= 0.6 is 0 Å². The monoisotopic (exact) mass is 263 g/mol. The lowest BCUT2D eigenvalue weighted by Crippen LogP contribution is -2.43. The molecule has 0 aliphatic heterocycles. The maximum Gasteiger partial charge on any atom is 0.251 e. The molecule has 0 bridgehead atoms. The Hall–Kier alpha value is -1.88. The average Bonchev–Trinajstić information content (AvgIpc) is 2.44. The van der Waals surface area contributed by atoms with Crippen molar-refractivity contribution >= 4 is 11.8 Å². The van der Waals surface area contributed by atoms with Crippen molar-refractivity contribution in [3.05, 3.63) is 35.9 Å². The summed E-state index contributed by atoms with van der Waals surface area (Å²) in [5, 5.41) is 5.43. The maximum atomic E-state index is 11.7. The fraction of sp³-hybridized carbons (Fsp3) is 0.429. The number of hydrogen-bond acceptors (Lipinski definition) is 3. The van der Waals surface area contributed by atoms with Crippen LogP contribution in [0.3, 0.4) is 0 Å². The van der Waals surface area contributed by atoms with Crippen LogP contribution in [0.1, 0.15) is 30.1 Å². The van der Waals surface area contributed by atoms with Crippen molar-refractivity contribution in [1.82, 2.24) is 10.6 Å². The highest BCUT2D eigenvalue weighted by Gasteiger charge is 2.11. The Morgan fingerprint density at radius 2 is 1.79 bits per heavy atom. The molecule has 0 aliphatic carbocycles. The molecule has 19 heavy (non-hydrogen) atoms. The lowest BCUT2D eigenvalue weighted by molar-refractivity contribution is -0.122. The summed E-state index contributed by atoms with van der Waals surface area (Å²) in [6.07, 6.45) is 1.54. The molecule has 2 amide bonds. The van der Waals surface area contributed by atoms with Crippen LogP contribution in [0.2, 0.25) is 0 Å². The van der Waals surface area contributed by atoms with Gasteiger partial charge in [0.15, 0.2) is 0 Å². The Morgan fingerprint density at radius 1 is 1.16 bits per heavy atom. The number of benzene rings is 1. The van der Waals surface area contributed by atoms with Gasteiger partial charge in [0, 0.05) is 18.7 Å². The van der Waals surface area contributed by atoms with Crippen molar-refractivity contribution < 1.29 is 9.59 Å². The van der Waals surface area contributed by atoms with Crippen LogP contribution in [0.5, 0.6) is 0 Å². The highest BCUT2D eigenvalue weighted by molar-refractivity contribution is 5.94. The van der Waals surface area contributed by atoms with Gasteiger partial charge in [-0.2, -0.15) is 0 Å². The fourth-order valence-corrected chi connectivity index (χ4v) is 1.63. The van der Waals surface area contributed by atoms with Crippen molar-refractivity contribution in [3.8, 4) is 0 Å². The van der Waals surface area contributed by atoms with Gasteiger partial charge in [-0.15, -0.1) is 0 Å². The van der Waals surface area contributed by atoms with E-state index in [4.69, 9.17) is 5.73 Å². The summed E-state index contributed by atoms with van der Waals surface area (Å²) in [5.41, 5.74) is 6.27. The van der Waals surface area contributed by atoms with E-state index in [0.717, 1.165) is 6.42 Å². The smallest absolute Gasteiger partial charge is 0.251 e. The van der Waals surface area contributed by atoms with E-state index >= 15 is 0 Å². The molecule has 0 saturated carbocycles. The van der Waals surface area contributed by atoms with Crippen LogP contribution < -0.4 is 16.4 Å². The predicted molar refractivity (Wildman–Crippen MR) is 74.7 cm³/mol. The molecule has 0 heterocycles. The molecule has 0 radical (unpaired) electrons. The molecular formula is C14H21N3O2. The molecule has 104 valence electrons. The summed E-state index contributed by atoms with van der Waals surface area (Å²) in [7, 11) is 0. The SMILES string of the molecule is CCCC(N)C(=O)NCCNC(=O)c1ccccc1. The Bertz CT molecular complexity index is 406. The molecular weight excluding hydrogens is 242 g/mol. The Kier molecular flexibility index (Phi) is 6.60. The number of rotatable bonds is 7. The highest BCUT2D eigenvalue weighted by atomic mass is 16.2. The van der Waals surface area contributed by atoms with Crippen molar-refractivity contribution in [1.29, 1.82) is 0 Å². The second-order valence-corrected chi connectivity index (χ2v) is 4.31. The third-order valence-corrected chi connectivity index (χ3v) is 2.68. The number of hydrogen-bond donors (Lipinski definition) is 3. The first-order valence-electron chi connectivity index (χ1n) is 6.51. The second kappa shape index (κ2) is 8.26. The van der Waals surface area contributed by atoms with Gasteiger partial charge in [-0.05, 0) is 18.6 Å². The Morgan fingerprint density at radius 3 is 2.42 bits per heavy atom. The summed E-state index contributed by atoms with van der Waals surface area (Å²) in [6.45, 7) is 2.75. The molecule has 4 N–H and O–H groups in total. The average molecular weight is 263 g/mol. The van der Waals surface area contributed by atoms with E-state index in [2.05, 4.69) is 10.6 Å². The van der Waals surface area contributed by atoms with E-state index < -0.39 is 6.04 Å². The number of carbonyl (C=O) groups is 2. The van der Waals surface area contributed by atoms with Crippen LogP contribution in [-0.2, 0) is 4.79 Å². The van der Waals surface area contributed by atoms with Gasteiger partial charge in [0.25, 0.3) is 5.91 Å². The minimum absolute atomic E-state index is 0.146.